The quantitative estimate of drug-likeness (QED) is 0.607. The van der Waals surface area contributed by atoms with Gasteiger partial charge in [-0.25, -0.2) is 0 Å². The highest BCUT2D eigenvalue weighted by Gasteiger charge is 2.16. The molecule has 2 aromatic rings. The van der Waals surface area contributed by atoms with Crippen LogP contribution in [0, 0.1) is 0 Å². The fraction of sp³-hybridized carbons (Fsp3) is 0.409. The number of methoxy groups -OCH3 is 1. The predicted octanol–water partition coefficient (Wildman–Crippen LogP) is 4.00. The number of hydrogen-bond acceptors (Lipinski definition) is 4. The minimum absolute atomic E-state index is 0.142. The van der Waals surface area contributed by atoms with Gasteiger partial charge in [-0.05, 0) is 49.9 Å². The standard InChI is InChI=1S/C22H29NO4/c1-4-16-26-19-12-6-5-10-18(19)11-9-15-23-22(24)17(2)27-21-14-8-7-13-20(21)25-3/h5-8,10,12-14,17H,4,9,11,15-16H2,1-3H3,(H,23,24). The van der Waals surface area contributed by atoms with E-state index in [2.05, 4.69) is 18.3 Å². The van der Waals surface area contributed by atoms with Crippen molar-refractivity contribution >= 4 is 5.91 Å². The second kappa shape index (κ2) is 11.1. The lowest BCUT2D eigenvalue weighted by Gasteiger charge is -2.16. The van der Waals surface area contributed by atoms with E-state index >= 15 is 0 Å². The number of aryl methyl sites for hydroxylation is 1. The number of nitrogens with one attached hydrogen (secondary N) is 1. The molecule has 0 heterocycles. The van der Waals surface area contributed by atoms with Crippen LogP contribution in [0.15, 0.2) is 48.5 Å². The van der Waals surface area contributed by atoms with Gasteiger partial charge in [-0.2, -0.15) is 0 Å². The van der Waals surface area contributed by atoms with Crippen LogP contribution in [0.4, 0.5) is 0 Å². The second-order valence-corrected chi connectivity index (χ2v) is 6.26. The van der Waals surface area contributed by atoms with Gasteiger partial charge >= 0.3 is 0 Å². The Labute approximate surface area is 161 Å². The summed E-state index contributed by atoms with van der Waals surface area (Å²) in [5.41, 5.74) is 1.17. The SMILES string of the molecule is CCCOc1ccccc1CCCNC(=O)C(C)Oc1ccccc1OC. The van der Waals surface area contributed by atoms with Crippen molar-refractivity contribution in [2.75, 3.05) is 20.3 Å². The van der Waals surface area contributed by atoms with Crippen LogP contribution in [0.3, 0.4) is 0 Å². The van der Waals surface area contributed by atoms with E-state index in [0.29, 0.717) is 24.7 Å². The Kier molecular flexibility index (Phi) is 8.49. The molecule has 0 spiro atoms. The lowest BCUT2D eigenvalue weighted by Crippen LogP contribution is -2.37. The first-order chi connectivity index (χ1) is 13.2. The summed E-state index contributed by atoms with van der Waals surface area (Å²) in [5.74, 6) is 1.96. The van der Waals surface area contributed by atoms with Crippen LogP contribution in [0.25, 0.3) is 0 Å². The molecule has 0 aliphatic carbocycles. The maximum absolute atomic E-state index is 12.3. The summed E-state index contributed by atoms with van der Waals surface area (Å²) in [7, 11) is 1.58. The van der Waals surface area contributed by atoms with Gasteiger partial charge < -0.3 is 19.5 Å². The summed E-state index contributed by atoms with van der Waals surface area (Å²) >= 11 is 0. The molecule has 0 aliphatic heterocycles. The third-order valence-electron chi connectivity index (χ3n) is 4.10. The molecule has 0 aliphatic rings. The molecule has 2 aromatic carbocycles. The molecule has 1 unspecified atom stereocenters. The van der Waals surface area contributed by atoms with Crippen LogP contribution < -0.4 is 19.5 Å². The first-order valence-corrected chi connectivity index (χ1v) is 9.43. The normalized spacial score (nSPS) is 11.5. The maximum Gasteiger partial charge on any atom is 0.260 e. The van der Waals surface area contributed by atoms with Crippen LogP contribution in [-0.2, 0) is 11.2 Å². The third-order valence-corrected chi connectivity index (χ3v) is 4.10. The number of rotatable bonds is 11. The average molecular weight is 371 g/mol. The number of ether oxygens (including phenoxy) is 3. The highest BCUT2D eigenvalue weighted by molar-refractivity contribution is 5.80. The lowest BCUT2D eigenvalue weighted by molar-refractivity contribution is -0.127. The number of hydrogen-bond donors (Lipinski definition) is 1. The first-order valence-electron chi connectivity index (χ1n) is 9.43. The van der Waals surface area contributed by atoms with E-state index in [1.54, 1.807) is 26.2 Å². The van der Waals surface area contributed by atoms with Gasteiger partial charge in [0.2, 0.25) is 0 Å². The van der Waals surface area contributed by atoms with Crippen molar-refractivity contribution in [2.24, 2.45) is 0 Å². The predicted molar refractivity (Wildman–Crippen MR) is 107 cm³/mol. The summed E-state index contributed by atoms with van der Waals surface area (Å²) < 4.78 is 16.7. The zero-order valence-electron chi connectivity index (χ0n) is 16.4. The topological polar surface area (TPSA) is 56.8 Å². The Hall–Kier alpha value is -2.69. The average Bonchev–Trinajstić information content (AvgIpc) is 2.70. The number of carbonyl (C=O) groups excluding carboxylic acids is 1. The van der Waals surface area contributed by atoms with Gasteiger partial charge in [0.1, 0.15) is 5.75 Å². The van der Waals surface area contributed by atoms with Gasteiger partial charge in [-0.3, -0.25) is 4.79 Å². The minimum Gasteiger partial charge on any atom is -0.493 e. The third kappa shape index (κ3) is 6.51. The van der Waals surface area contributed by atoms with E-state index in [1.807, 2.05) is 30.3 Å². The van der Waals surface area contributed by atoms with Crippen molar-refractivity contribution in [1.82, 2.24) is 5.32 Å². The van der Waals surface area contributed by atoms with E-state index < -0.39 is 6.10 Å². The molecular weight excluding hydrogens is 342 g/mol. The van der Waals surface area contributed by atoms with E-state index in [1.165, 1.54) is 5.56 Å². The van der Waals surface area contributed by atoms with Crippen molar-refractivity contribution in [2.45, 2.75) is 39.2 Å². The van der Waals surface area contributed by atoms with E-state index in [0.717, 1.165) is 25.0 Å². The van der Waals surface area contributed by atoms with Gasteiger partial charge in [0, 0.05) is 6.54 Å². The molecule has 1 N–H and O–H groups in total. The van der Waals surface area contributed by atoms with Crippen LogP contribution in [0.2, 0.25) is 0 Å². The molecule has 0 fully saturated rings. The molecule has 5 nitrogen and oxygen atoms in total. The Balaban J connectivity index is 1.77. The smallest absolute Gasteiger partial charge is 0.260 e. The largest absolute Gasteiger partial charge is 0.493 e. The van der Waals surface area contributed by atoms with Gasteiger partial charge in [-0.15, -0.1) is 0 Å². The van der Waals surface area contributed by atoms with Crippen molar-refractivity contribution in [3.8, 4) is 17.2 Å². The number of carbonyl (C=O) groups is 1. The Morgan fingerprint density at radius 2 is 1.70 bits per heavy atom. The monoisotopic (exact) mass is 371 g/mol. The van der Waals surface area contributed by atoms with E-state index in [4.69, 9.17) is 14.2 Å². The van der Waals surface area contributed by atoms with Crippen LogP contribution in [0.1, 0.15) is 32.3 Å². The highest BCUT2D eigenvalue weighted by Crippen LogP contribution is 2.26. The zero-order chi connectivity index (χ0) is 19.5. The molecule has 0 saturated carbocycles. The first kappa shape index (κ1) is 20.6. The van der Waals surface area contributed by atoms with Gasteiger partial charge in [0.25, 0.3) is 5.91 Å². The maximum atomic E-state index is 12.3. The van der Waals surface area contributed by atoms with Crippen molar-refractivity contribution in [3.05, 3.63) is 54.1 Å². The van der Waals surface area contributed by atoms with E-state index in [-0.39, 0.29) is 5.91 Å². The van der Waals surface area contributed by atoms with E-state index in [9.17, 15) is 4.79 Å². The molecule has 0 bridgehead atoms. The van der Waals surface area contributed by atoms with Crippen LogP contribution in [0.5, 0.6) is 17.2 Å². The molecule has 0 saturated heterocycles. The summed E-state index contributed by atoms with van der Waals surface area (Å²) in [5, 5.41) is 2.93. The summed E-state index contributed by atoms with van der Waals surface area (Å²) in [4.78, 5) is 12.3. The number of amides is 1. The Bertz CT molecular complexity index is 717. The fourth-order valence-electron chi connectivity index (χ4n) is 2.66. The van der Waals surface area contributed by atoms with Crippen LogP contribution >= 0.6 is 0 Å². The van der Waals surface area contributed by atoms with Crippen molar-refractivity contribution in [3.63, 3.8) is 0 Å². The Morgan fingerprint density at radius 3 is 2.41 bits per heavy atom. The molecule has 2 rings (SSSR count). The fourth-order valence-corrected chi connectivity index (χ4v) is 2.66. The molecular formula is C22H29NO4. The minimum atomic E-state index is -0.596. The zero-order valence-corrected chi connectivity index (χ0v) is 16.4. The Morgan fingerprint density at radius 1 is 1.04 bits per heavy atom. The van der Waals surface area contributed by atoms with Gasteiger partial charge in [0.05, 0.1) is 13.7 Å². The molecule has 27 heavy (non-hydrogen) atoms. The molecule has 1 atom stereocenters. The molecule has 146 valence electrons. The summed E-state index contributed by atoms with van der Waals surface area (Å²) in [6.45, 7) is 5.12. The highest BCUT2D eigenvalue weighted by atomic mass is 16.5. The summed E-state index contributed by atoms with van der Waals surface area (Å²) in [6.07, 6.45) is 2.07. The van der Waals surface area contributed by atoms with Crippen LogP contribution in [-0.4, -0.2) is 32.3 Å². The number of benzene rings is 2. The van der Waals surface area contributed by atoms with Gasteiger partial charge in [-0.1, -0.05) is 37.3 Å². The molecule has 0 radical (unpaired) electrons. The summed E-state index contributed by atoms with van der Waals surface area (Å²) in [6, 6.07) is 15.4. The number of para-hydroxylation sites is 3. The molecule has 5 heteroatoms. The van der Waals surface area contributed by atoms with Crippen molar-refractivity contribution < 1.29 is 19.0 Å². The lowest BCUT2D eigenvalue weighted by atomic mass is 10.1. The molecule has 0 aromatic heterocycles. The molecule has 1 amide bonds. The second-order valence-electron chi connectivity index (χ2n) is 6.26. The van der Waals surface area contributed by atoms with Gasteiger partial charge in [0.15, 0.2) is 17.6 Å². The van der Waals surface area contributed by atoms with Crippen molar-refractivity contribution in [1.29, 1.82) is 0 Å².